The largest absolute Gasteiger partial charge is 0.333 e. The first-order valence-electron chi connectivity index (χ1n) is 5.56. The summed E-state index contributed by atoms with van der Waals surface area (Å²) in [6.45, 7) is 4.34. The number of nitrogens with one attached hydrogen (secondary N) is 1. The van der Waals surface area contributed by atoms with Crippen molar-refractivity contribution in [3.63, 3.8) is 0 Å². The lowest BCUT2D eigenvalue weighted by Crippen LogP contribution is -2.52. The first-order valence-corrected chi connectivity index (χ1v) is 6.64. The van der Waals surface area contributed by atoms with Crippen molar-refractivity contribution in [1.29, 1.82) is 0 Å². The number of piperazine rings is 1. The third kappa shape index (κ3) is 3.33. The molecule has 0 aliphatic carbocycles. The minimum absolute atomic E-state index is 0. The summed E-state index contributed by atoms with van der Waals surface area (Å²) in [5.74, 6) is -0.317. The van der Waals surface area contributed by atoms with Gasteiger partial charge in [-0.1, -0.05) is 0 Å². The summed E-state index contributed by atoms with van der Waals surface area (Å²) in [7, 11) is 0. The molecule has 0 bridgehead atoms. The molecule has 1 aliphatic heterocycles. The Bertz CT molecular complexity index is 444. The van der Waals surface area contributed by atoms with E-state index in [4.69, 9.17) is 0 Å². The molecule has 1 saturated heterocycles. The predicted octanol–water partition coefficient (Wildman–Crippen LogP) is 2.29. The highest BCUT2D eigenvalue weighted by molar-refractivity contribution is 14.1. The summed E-state index contributed by atoms with van der Waals surface area (Å²) in [4.78, 5) is 14.2. The second-order valence-corrected chi connectivity index (χ2v) is 5.34. The zero-order chi connectivity index (χ0) is 12.4. The van der Waals surface area contributed by atoms with Crippen LogP contribution in [0, 0.1) is 9.39 Å². The molecule has 2 rings (SSSR count). The summed E-state index contributed by atoms with van der Waals surface area (Å²) in [5.41, 5.74) is 0.584. The molecule has 6 heteroatoms. The predicted molar refractivity (Wildman–Crippen MR) is 79.7 cm³/mol. The van der Waals surface area contributed by atoms with E-state index in [1.807, 2.05) is 34.4 Å². The molecule has 0 saturated carbocycles. The number of carbonyl (C=O) groups is 1. The van der Waals surface area contributed by atoms with Crippen LogP contribution in [0.5, 0.6) is 0 Å². The maximum Gasteiger partial charge on any atom is 0.255 e. The highest BCUT2D eigenvalue weighted by Gasteiger charge is 2.25. The van der Waals surface area contributed by atoms with E-state index in [0.717, 1.165) is 13.1 Å². The molecule has 1 aromatic rings. The minimum Gasteiger partial charge on any atom is -0.333 e. The number of hydrogen-bond acceptors (Lipinski definition) is 2. The number of benzene rings is 1. The summed E-state index contributed by atoms with van der Waals surface area (Å²) in [6, 6.07) is 4.47. The van der Waals surface area contributed by atoms with Crippen LogP contribution >= 0.6 is 35.0 Å². The summed E-state index contributed by atoms with van der Waals surface area (Å²) < 4.78 is 13.7. The van der Waals surface area contributed by atoms with Crippen LogP contribution in [0.2, 0.25) is 0 Å². The van der Waals surface area contributed by atoms with E-state index in [1.54, 1.807) is 6.07 Å². The first-order chi connectivity index (χ1) is 8.09. The van der Waals surface area contributed by atoms with Crippen LogP contribution in [0.3, 0.4) is 0 Å². The fraction of sp³-hybridized carbons (Fsp3) is 0.417. The van der Waals surface area contributed by atoms with Gasteiger partial charge in [0.2, 0.25) is 0 Å². The Balaban J connectivity index is 0.00000162. The molecule has 1 N–H and O–H groups in total. The van der Waals surface area contributed by atoms with Crippen molar-refractivity contribution in [3.8, 4) is 0 Å². The molecular weight excluding hydrogens is 370 g/mol. The third-order valence-electron chi connectivity index (χ3n) is 2.92. The van der Waals surface area contributed by atoms with Crippen LogP contribution in [0.1, 0.15) is 17.3 Å². The SMILES string of the molecule is C[C@@H]1CNCCN1C(=O)c1ccc(F)cc1I.Cl. The van der Waals surface area contributed by atoms with Gasteiger partial charge in [0.15, 0.2) is 0 Å². The van der Waals surface area contributed by atoms with Gasteiger partial charge in [-0.2, -0.15) is 0 Å². The van der Waals surface area contributed by atoms with Crippen LogP contribution in [0.4, 0.5) is 4.39 Å². The quantitative estimate of drug-likeness (QED) is 0.754. The molecule has 0 spiro atoms. The van der Waals surface area contributed by atoms with Crippen molar-refractivity contribution < 1.29 is 9.18 Å². The molecule has 1 atom stereocenters. The van der Waals surface area contributed by atoms with Gasteiger partial charge in [-0.05, 0) is 47.7 Å². The first kappa shape index (κ1) is 15.7. The van der Waals surface area contributed by atoms with Gasteiger partial charge in [0.25, 0.3) is 5.91 Å². The van der Waals surface area contributed by atoms with Crippen LogP contribution in [0.25, 0.3) is 0 Å². The topological polar surface area (TPSA) is 32.3 Å². The molecule has 0 radical (unpaired) electrons. The molecule has 1 fully saturated rings. The van der Waals surface area contributed by atoms with E-state index in [2.05, 4.69) is 5.32 Å². The van der Waals surface area contributed by atoms with E-state index in [-0.39, 0.29) is 30.2 Å². The van der Waals surface area contributed by atoms with Gasteiger partial charge in [0.05, 0.1) is 5.56 Å². The van der Waals surface area contributed by atoms with Gasteiger partial charge < -0.3 is 10.2 Å². The average molecular weight is 385 g/mol. The van der Waals surface area contributed by atoms with Gasteiger partial charge in [-0.25, -0.2) is 4.39 Å². The van der Waals surface area contributed by atoms with Gasteiger partial charge >= 0.3 is 0 Å². The highest BCUT2D eigenvalue weighted by atomic mass is 127. The van der Waals surface area contributed by atoms with Crippen LogP contribution in [-0.4, -0.2) is 36.5 Å². The van der Waals surface area contributed by atoms with Crippen LogP contribution in [0.15, 0.2) is 18.2 Å². The summed E-state index contributed by atoms with van der Waals surface area (Å²) in [5, 5.41) is 3.24. The van der Waals surface area contributed by atoms with Crippen LogP contribution < -0.4 is 5.32 Å². The molecular formula is C12H15ClFIN2O. The fourth-order valence-corrected chi connectivity index (χ4v) is 2.67. The van der Waals surface area contributed by atoms with Crippen LogP contribution in [-0.2, 0) is 0 Å². The molecule has 1 heterocycles. The number of halogens is 3. The summed E-state index contributed by atoms with van der Waals surface area (Å²) in [6.07, 6.45) is 0. The van der Waals surface area contributed by atoms with Gasteiger partial charge in [0, 0.05) is 29.2 Å². The van der Waals surface area contributed by atoms with Crippen molar-refractivity contribution in [2.24, 2.45) is 0 Å². The number of nitrogens with zero attached hydrogens (tertiary/aromatic N) is 1. The second-order valence-electron chi connectivity index (χ2n) is 4.18. The molecule has 0 aromatic heterocycles. The zero-order valence-electron chi connectivity index (χ0n) is 9.95. The minimum atomic E-state index is -0.306. The van der Waals surface area contributed by atoms with E-state index < -0.39 is 0 Å². The van der Waals surface area contributed by atoms with Crippen molar-refractivity contribution in [2.45, 2.75) is 13.0 Å². The Morgan fingerprint density at radius 2 is 2.28 bits per heavy atom. The molecule has 1 aliphatic rings. The fourth-order valence-electron chi connectivity index (χ4n) is 1.96. The van der Waals surface area contributed by atoms with Crippen molar-refractivity contribution in [1.82, 2.24) is 10.2 Å². The monoisotopic (exact) mass is 384 g/mol. The van der Waals surface area contributed by atoms with E-state index in [9.17, 15) is 9.18 Å². The Hall–Kier alpha value is -0.400. The Labute approximate surface area is 126 Å². The molecule has 1 aromatic carbocycles. The second kappa shape index (κ2) is 6.68. The molecule has 100 valence electrons. The molecule has 3 nitrogen and oxygen atoms in total. The zero-order valence-corrected chi connectivity index (χ0v) is 12.9. The van der Waals surface area contributed by atoms with Gasteiger partial charge in [-0.15, -0.1) is 12.4 Å². The standard InChI is InChI=1S/C12H14FIN2O.ClH/c1-8-7-15-4-5-16(8)12(17)10-3-2-9(13)6-11(10)14;/h2-3,6,8,15H,4-5,7H2,1H3;1H/t8-;/m1./s1. The number of rotatable bonds is 1. The number of hydrogen-bond donors (Lipinski definition) is 1. The molecule has 0 unspecified atom stereocenters. The maximum atomic E-state index is 13.0. The third-order valence-corrected chi connectivity index (χ3v) is 3.82. The number of amides is 1. The number of carbonyl (C=O) groups excluding carboxylic acids is 1. The van der Waals surface area contributed by atoms with Crippen molar-refractivity contribution in [2.75, 3.05) is 19.6 Å². The smallest absolute Gasteiger partial charge is 0.255 e. The van der Waals surface area contributed by atoms with E-state index in [0.29, 0.717) is 15.7 Å². The maximum absolute atomic E-state index is 13.0. The Morgan fingerprint density at radius 1 is 1.56 bits per heavy atom. The molecule has 18 heavy (non-hydrogen) atoms. The normalized spacial score (nSPS) is 19.3. The Morgan fingerprint density at radius 3 is 2.89 bits per heavy atom. The van der Waals surface area contributed by atoms with Gasteiger partial charge in [0.1, 0.15) is 5.82 Å². The Kier molecular flexibility index (Phi) is 5.81. The molecule has 1 amide bonds. The lowest BCUT2D eigenvalue weighted by atomic mass is 10.1. The summed E-state index contributed by atoms with van der Waals surface area (Å²) >= 11 is 2.00. The van der Waals surface area contributed by atoms with Crippen molar-refractivity contribution in [3.05, 3.63) is 33.1 Å². The lowest BCUT2D eigenvalue weighted by Gasteiger charge is -2.34. The van der Waals surface area contributed by atoms with Crippen molar-refractivity contribution >= 4 is 40.9 Å². The highest BCUT2D eigenvalue weighted by Crippen LogP contribution is 2.17. The van der Waals surface area contributed by atoms with E-state index in [1.165, 1.54) is 12.1 Å². The van der Waals surface area contributed by atoms with Gasteiger partial charge in [-0.3, -0.25) is 4.79 Å². The average Bonchev–Trinajstić information content (AvgIpc) is 2.29. The van der Waals surface area contributed by atoms with E-state index >= 15 is 0 Å². The lowest BCUT2D eigenvalue weighted by molar-refractivity contribution is 0.0654.